The van der Waals surface area contributed by atoms with Crippen molar-refractivity contribution in [3.63, 3.8) is 0 Å². The van der Waals surface area contributed by atoms with E-state index in [9.17, 15) is 4.79 Å². The number of carbonyl (C=O) groups excluding carboxylic acids is 1. The molecule has 0 atom stereocenters. The van der Waals surface area contributed by atoms with Crippen LogP contribution in [0.4, 0.5) is 11.6 Å². The van der Waals surface area contributed by atoms with Gasteiger partial charge in [0.25, 0.3) is 0 Å². The normalized spacial score (nSPS) is 11.2. The van der Waals surface area contributed by atoms with Gasteiger partial charge in [-0.1, -0.05) is 6.92 Å². The summed E-state index contributed by atoms with van der Waals surface area (Å²) in [4.78, 5) is 20.2. The van der Waals surface area contributed by atoms with Crippen molar-refractivity contribution in [1.82, 2.24) is 15.3 Å². The predicted molar refractivity (Wildman–Crippen MR) is 81.4 cm³/mol. The number of nitrogen functional groups attached to an aromatic ring is 1. The minimum absolute atomic E-state index is 0.0146. The second kappa shape index (κ2) is 7.07. The minimum atomic E-state index is -0.204. The van der Waals surface area contributed by atoms with E-state index in [0.717, 1.165) is 18.7 Å². The van der Waals surface area contributed by atoms with Crippen molar-refractivity contribution < 1.29 is 4.79 Å². The maximum atomic E-state index is 11.7. The summed E-state index contributed by atoms with van der Waals surface area (Å²) < 4.78 is 0. The quantitative estimate of drug-likeness (QED) is 0.737. The average Bonchev–Trinajstić information content (AvgIpc) is 2.26. The molecule has 0 aliphatic rings. The molecule has 1 aromatic rings. The standard InChI is InChI=1S/C14H25N5O/c1-5-6-11-17-10(15)9-12(18-11)16-8-7-13(20)19-14(2,3)4/h9H,5-8H2,1-4H3,(H,19,20)(H3,15,16,17,18). The number of carbonyl (C=O) groups is 1. The van der Waals surface area contributed by atoms with Gasteiger partial charge in [-0.3, -0.25) is 4.79 Å². The number of nitrogens with two attached hydrogens (primary N) is 1. The third-order valence-electron chi connectivity index (χ3n) is 2.44. The fourth-order valence-corrected chi connectivity index (χ4v) is 1.73. The molecule has 20 heavy (non-hydrogen) atoms. The highest BCUT2D eigenvalue weighted by Gasteiger charge is 2.13. The summed E-state index contributed by atoms with van der Waals surface area (Å²) in [5.41, 5.74) is 5.53. The summed E-state index contributed by atoms with van der Waals surface area (Å²) in [6.07, 6.45) is 2.16. The molecule has 0 saturated heterocycles. The molecule has 0 spiro atoms. The summed E-state index contributed by atoms with van der Waals surface area (Å²) >= 11 is 0. The van der Waals surface area contributed by atoms with Crippen molar-refractivity contribution in [2.75, 3.05) is 17.6 Å². The summed E-state index contributed by atoms with van der Waals surface area (Å²) in [5, 5.41) is 6.02. The molecule has 6 nitrogen and oxygen atoms in total. The molecule has 1 aromatic heterocycles. The lowest BCUT2D eigenvalue weighted by Crippen LogP contribution is -2.41. The third-order valence-corrected chi connectivity index (χ3v) is 2.44. The van der Waals surface area contributed by atoms with Crippen LogP contribution in [0.15, 0.2) is 6.07 Å². The van der Waals surface area contributed by atoms with Crippen molar-refractivity contribution in [2.24, 2.45) is 0 Å². The molecule has 0 unspecified atom stereocenters. The highest BCUT2D eigenvalue weighted by Crippen LogP contribution is 2.09. The van der Waals surface area contributed by atoms with Crippen LogP contribution in [0.1, 0.15) is 46.4 Å². The fourth-order valence-electron chi connectivity index (χ4n) is 1.73. The second-order valence-electron chi connectivity index (χ2n) is 5.82. The molecule has 6 heteroatoms. The van der Waals surface area contributed by atoms with Gasteiger partial charge in [-0.15, -0.1) is 0 Å². The van der Waals surface area contributed by atoms with E-state index in [4.69, 9.17) is 5.73 Å². The van der Waals surface area contributed by atoms with Crippen LogP contribution in [0.3, 0.4) is 0 Å². The lowest BCUT2D eigenvalue weighted by molar-refractivity contribution is -0.122. The summed E-state index contributed by atoms with van der Waals surface area (Å²) in [5.74, 6) is 1.87. The Hall–Kier alpha value is -1.85. The smallest absolute Gasteiger partial charge is 0.222 e. The third kappa shape index (κ3) is 6.36. The zero-order valence-corrected chi connectivity index (χ0v) is 12.8. The highest BCUT2D eigenvalue weighted by atomic mass is 16.1. The first kappa shape index (κ1) is 16.2. The molecule has 0 radical (unpaired) electrons. The Kier molecular flexibility index (Phi) is 5.73. The predicted octanol–water partition coefficient (Wildman–Crippen LogP) is 1.73. The molecule has 0 saturated carbocycles. The number of aromatic nitrogens is 2. The van der Waals surface area contributed by atoms with E-state index in [1.807, 2.05) is 20.8 Å². The van der Waals surface area contributed by atoms with Gasteiger partial charge in [0.05, 0.1) is 0 Å². The lowest BCUT2D eigenvalue weighted by atomic mass is 10.1. The summed E-state index contributed by atoms with van der Waals surface area (Å²) in [6.45, 7) is 8.46. The van der Waals surface area contributed by atoms with Gasteiger partial charge in [0.15, 0.2) is 0 Å². The Labute approximate surface area is 120 Å². The average molecular weight is 279 g/mol. The van der Waals surface area contributed by atoms with Crippen molar-refractivity contribution in [3.05, 3.63) is 11.9 Å². The largest absolute Gasteiger partial charge is 0.384 e. The van der Waals surface area contributed by atoms with Gasteiger partial charge >= 0.3 is 0 Å². The molecule has 0 bridgehead atoms. The highest BCUT2D eigenvalue weighted by molar-refractivity contribution is 5.77. The maximum Gasteiger partial charge on any atom is 0.222 e. The number of nitrogens with zero attached hydrogens (tertiary/aromatic N) is 2. The van der Waals surface area contributed by atoms with Crippen molar-refractivity contribution in [3.8, 4) is 0 Å². The first-order valence-electron chi connectivity index (χ1n) is 6.98. The van der Waals surface area contributed by atoms with Crippen LogP contribution in [0.25, 0.3) is 0 Å². The van der Waals surface area contributed by atoms with Gasteiger partial charge in [-0.2, -0.15) is 0 Å². The van der Waals surface area contributed by atoms with Crippen molar-refractivity contribution >= 4 is 17.5 Å². The van der Waals surface area contributed by atoms with Crippen LogP contribution in [0.2, 0.25) is 0 Å². The van der Waals surface area contributed by atoms with Crippen LogP contribution in [0.5, 0.6) is 0 Å². The molecule has 0 fully saturated rings. The number of hydrogen-bond donors (Lipinski definition) is 3. The van der Waals surface area contributed by atoms with Crippen LogP contribution >= 0.6 is 0 Å². The van der Waals surface area contributed by atoms with Crippen molar-refractivity contribution in [1.29, 1.82) is 0 Å². The van der Waals surface area contributed by atoms with E-state index in [-0.39, 0.29) is 11.4 Å². The van der Waals surface area contributed by atoms with Gasteiger partial charge in [-0.05, 0) is 27.2 Å². The van der Waals surface area contributed by atoms with E-state index in [1.165, 1.54) is 0 Å². The van der Waals surface area contributed by atoms with Crippen LogP contribution < -0.4 is 16.4 Å². The maximum absolute atomic E-state index is 11.7. The van der Waals surface area contributed by atoms with Gasteiger partial charge < -0.3 is 16.4 Å². The van der Waals surface area contributed by atoms with E-state index >= 15 is 0 Å². The van der Waals surface area contributed by atoms with Gasteiger partial charge in [0.1, 0.15) is 17.5 Å². The SMILES string of the molecule is CCCc1nc(N)cc(NCCC(=O)NC(C)(C)C)n1. The van der Waals surface area contributed by atoms with Crippen molar-refractivity contribution in [2.45, 2.75) is 52.5 Å². The van der Waals surface area contributed by atoms with E-state index in [2.05, 4.69) is 27.5 Å². The molecule has 0 aromatic carbocycles. The Morgan fingerprint density at radius 3 is 2.65 bits per heavy atom. The Morgan fingerprint density at radius 1 is 1.35 bits per heavy atom. The number of nitrogens with one attached hydrogen (secondary N) is 2. The monoisotopic (exact) mass is 279 g/mol. The molecule has 1 heterocycles. The van der Waals surface area contributed by atoms with E-state index < -0.39 is 0 Å². The number of hydrogen-bond acceptors (Lipinski definition) is 5. The molecule has 1 rings (SSSR count). The lowest BCUT2D eigenvalue weighted by Gasteiger charge is -2.20. The zero-order chi connectivity index (χ0) is 15.2. The molecule has 112 valence electrons. The first-order chi connectivity index (χ1) is 9.30. The van der Waals surface area contributed by atoms with Gasteiger partial charge in [0.2, 0.25) is 5.91 Å². The van der Waals surface area contributed by atoms with Crippen LogP contribution in [-0.2, 0) is 11.2 Å². The second-order valence-corrected chi connectivity index (χ2v) is 5.82. The Morgan fingerprint density at radius 2 is 2.05 bits per heavy atom. The summed E-state index contributed by atoms with van der Waals surface area (Å²) in [6, 6.07) is 1.68. The topological polar surface area (TPSA) is 92.9 Å². The fraction of sp³-hybridized carbons (Fsp3) is 0.643. The number of anilines is 2. The number of rotatable bonds is 6. The Balaban J connectivity index is 2.47. The van der Waals surface area contributed by atoms with E-state index in [1.54, 1.807) is 6.07 Å². The van der Waals surface area contributed by atoms with Gasteiger partial charge in [0, 0.05) is 31.0 Å². The van der Waals surface area contributed by atoms with Crippen LogP contribution in [-0.4, -0.2) is 28.0 Å². The minimum Gasteiger partial charge on any atom is -0.384 e. The molecule has 0 aliphatic heterocycles. The summed E-state index contributed by atoms with van der Waals surface area (Å²) in [7, 11) is 0. The first-order valence-corrected chi connectivity index (χ1v) is 6.98. The molecule has 4 N–H and O–H groups in total. The zero-order valence-electron chi connectivity index (χ0n) is 12.8. The van der Waals surface area contributed by atoms with E-state index in [0.29, 0.717) is 24.6 Å². The van der Waals surface area contributed by atoms with Gasteiger partial charge in [-0.25, -0.2) is 9.97 Å². The molecular weight excluding hydrogens is 254 g/mol. The molecule has 1 amide bonds. The Bertz CT molecular complexity index is 453. The van der Waals surface area contributed by atoms with Crippen LogP contribution in [0, 0.1) is 0 Å². The number of amides is 1. The molecule has 0 aliphatic carbocycles. The number of aryl methyl sites for hydroxylation is 1. The molecular formula is C14H25N5O.